The molecule has 2 aromatic rings. The van der Waals surface area contributed by atoms with Crippen LogP contribution in [0, 0.1) is 0 Å². The van der Waals surface area contributed by atoms with Gasteiger partial charge in [0.05, 0.1) is 17.0 Å². The molecule has 138 valence electrons. The topological polar surface area (TPSA) is 41.9 Å². The Morgan fingerprint density at radius 3 is 2.41 bits per heavy atom. The third-order valence-electron chi connectivity index (χ3n) is 4.42. The molecular formula is C23H24N2O2. The molecule has 1 aliphatic rings. The van der Waals surface area contributed by atoms with Crippen molar-refractivity contribution in [2.45, 2.75) is 27.7 Å². The summed E-state index contributed by atoms with van der Waals surface area (Å²) in [5.41, 5.74) is 5.07. The Balaban J connectivity index is 1.96. The zero-order valence-corrected chi connectivity index (χ0v) is 16.2. The number of allylic oxidation sites excluding steroid dienone is 2. The van der Waals surface area contributed by atoms with Crippen LogP contribution in [-0.2, 0) is 4.79 Å². The lowest BCUT2D eigenvalue weighted by atomic mass is 9.97. The number of carbonyl (C=O) groups is 1. The molecule has 4 heteroatoms. The number of ether oxygens (including phenoxy) is 1. The second kappa shape index (κ2) is 8.04. The molecular weight excluding hydrogens is 336 g/mol. The van der Waals surface area contributed by atoms with E-state index in [0.717, 1.165) is 22.6 Å². The van der Waals surface area contributed by atoms with Crippen LogP contribution in [0.1, 0.15) is 33.3 Å². The first-order valence-corrected chi connectivity index (χ1v) is 9.00. The van der Waals surface area contributed by atoms with Gasteiger partial charge < -0.3 is 4.74 Å². The molecule has 1 heterocycles. The van der Waals surface area contributed by atoms with Crippen LogP contribution in [0.5, 0.6) is 5.75 Å². The van der Waals surface area contributed by atoms with Gasteiger partial charge in [0, 0.05) is 5.56 Å². The van der Waals surface area contributed by atoms with Crippen molar-refractivity contribution in [3.63, 3.8) is 0 Å². The van der Waals surface area contributed by atoms with E-state index in [1.54, 1.807) is 0 Å². The third-order valence-corrected chi connectivity index (χ3v) is 4.42. The Labute approximate surface area is 160 Å². The van der Waals surface area contributed by atoms with Gasteiger partial charge in [-0.25, -0.2) is 0 Å². The first kappa shape index (κ1) is 18.6. The van der Waals surface area contributed by atoms with Gasteiger partial charge in [0.15, 0.2) is 0 Å². The summed E-state index contributed by atoms with van der Waals surface area (Å²) in [4.78, 5) is 13.0. The van der Waals surface area contributed by atoms with E-state index in [4.69, 9.17) is 4.74 Å². The van der Waals surface area contributed by atoms with Gasteiger partial charge in [-0.2, -0.15) is 10.1 Å². The number of para-hydroxylation sites is 2. The van der Waals surface area contributed by atoms with Crippen LogP contribution in [0.15, 0.2) is 76.9 Å². The van der Waals surface area contributed by atoms with E-state index in [1.807, 2.05) is 88.4 Å². The number of rotatable bonds is 5. The highest BCUT2D eigenvalue weighted by Gasteiger charge is 2.31. The van der Waals surface area contributed by atoms with Crippen LogP contribution in [0.2, 0.25) is 0 Å². The summed E-state index contributed by atoms with van der Waals surface area (Å²) in [6.07, 6.45) is 2.03. The number of benzene rings is 2. The van der Waals surface area contributed by atoms with E-state index in [1.165, 1.54) is 10.6 Å². The molecule has 1 amide bonds. The van der Waals surface area contributed by atoms with Crippen LogP contribution >= 0.6 is 0 Å². The van der Waals surface area contributed by atoms with Gasteiger partial charge in [-0.15, -0.1) is 0 Å². The van der Waals surface area contributed by atoms with Crippen LogP contribution < -0.4 is 9.75 Å². The Bertz CT molecular complexity index is 936. The van der Waals surface area contributed by atoms with Gasteiger partial charge in [0.2, 0.25) is 0 Å². The maximum Gasteiger partial charge on any atom is 0.280 e. The Hall–Kier alpha value is -3.14. The van der Waals surface area contributed by atoms with Crippen LogP contribution in [0.3, 0.4) is 0 Å². The van der Waals surface area contributed by atoms with Gasteiger partial charge in [0.25, 0.3) is 5.91 Å². The molecule has 0 fully saturated rings. The van der Waals surface area contributed by atoms with E-state index in [9.17, 15) is 4.79 Å². The fourth-order valence-electron chi connectivity index (χ4n) is 3.02. The van der Waals surface area contributed by atoms with Crippen molar-refractivity contribution in [1.29, 1.82) is 0 Å². The molecule has 0 N–H and O–H groups in total. The van der Waals surface area contributed by atoms with Crippen molar-refractivity contribution < 1.29 is 9.53 Å². The lowest BCUT2D eigenvalue weighted by molar-refractivity contribution is -0.114. The average molecular weight is 360 g/mol. The van der Waals surface area contributed by atoms with Crippen LogP contribution in [0.25, 0.3) is 5.57 Å². The minimum atomic E-state index is -0.115. The number of hydrogen-bond acceptors (Lipinski definition) is 3. The van der Waals surface area contributed by atoms with Gasteiger partial charge >= 0.3 is 0 Å². The molecule has 0 aliphatic carbocycles. The van der Waals surface area contributed by atoms with Crippen molar-refractivity contribution in [3.05, 3.63) is 77.4 Å². The van der Waals surface area contributed by atoms with Crippen LogP contribution in [0.4, 0.5) is 5.69 Å². The van der Waals surface area contributed by atoms with E-state index in [0.29, 0.717) is 17.9 Å². The SMILES string of the molecule is CC(C)=CCOc1ccccc1/C(C)=C1/C(=O)N(c2ccccc2)N=C1C. The quantitative estimate of drug-likeness (QED) is 0.541. The first-order chi connectivity index (χ1) is 13.0. The van der Waals surface area contributed by atoms with Crippen LogP contribution in [-0.4, -0.2) is 18.2 Å². The molecule has 1 aliphatic heterocycles. The zero-order valence-electron chi connectivity index (χ0n) is 16.2. The summed E-state index contributed by atoms with van der Waals surface area (Å²) in [6, 6.07) is 17.3. The maximum absolute atomic E-state index is 13.0. The maximum atomic E-state index is 13.0. The van der Waals surface area contributed by atoms with E-state index < -0.39 is 0 Å². The summed E-state index contributed by atoms with van der Waals surface area (Å²) in [5, 5.41) is 5.93. The molecule has 0 radical (unpaired) electrons. The number of hydrazone groups is 1. The monoisotopic (exact) mass is 360 g/mol. The molecule has 4 nitrogen and oxygen atoms in total. The van der Waals surface area contributed by atoms with Crippen molar-refractivity contribution in [1.82, 2.24) is 0 Å². The number of anilines is 1. The van der Waals surface area contributed by atoms with Gasteiger partial charge in [-0.05, 0) is 57.5 Å². The highest BCUT2D eigenvalue weighted by Crippen LogP contribution is 2.32. The summed E-state index contributed by atoms with van der Waals surface area (Å²) >= 11 is 0. The van der Waals surface area contributed by atoms with Gasteiger partial charge in [-0.1, -0.05) is 42.0 Å². The molecule has 0 saturated heterocycles. The predicted octanol–water partition coefficient (Wildman–Crippen LogP) is 5.23. The second-order valence-electron chi connectivity index (χ2n) is 6.73. The van der Waals surface area contributed by atoms with Crippen molar-refractivity contribution in [3.8, 4) is 5.75 Å². The fourth-order valence-corrected chi connectivity index (χ4v) is 3.02. The zero-order chi connectivity index (χ0) is 19.4. The summed E-state index contributed by atoms with van der Waals surface area (Å²) in [7, 11) is 0. The number of nitrogens with zero attached hydrogens (tertiary/aromatic N) is 2. The predicted molar refractivity (Wildman–Crippen MR) is 111 cm³/mol. The molecule has 2 aromatic carbocycles. The van der Waals surface area contributed by atoms with Crippen molar-refractivity contribution in [2.24, 2.45) is 5.10 Å². The number of amides is 1. The first-order valence-electron chi connectivity index (χ1n) is 9.00. The van der Waals surface area contributed by atoms with Crippen molar-refractivity contribution in [2.75, 3.05) is 11.6 Å². The minimum absolute atomic E-state index is 0.115. The molecule has 0 unspecified atom stereocenters. The molecule has 27 heavy (non-hydrogen) atoms. The lowest BCUT2D eigenvalue weighted by Gasteiger charge is -2.14. The normalized spacial score (nSPS) is 15.5. The van der Waals surface area contributed by atoms with E-state index in [-0.39, 0.29) is 5.91 Å². The molecule has 3 rings (SSSR count). The van der Waals surface area contributed by atoms with E-state index in [2.05, 4.69) is 5.10 Å². The van der Waals surface area contributed by atoms with Crippen molar-refractivity contribution >= 4 is 22.9 Å². The largest absolute Gasteiger partial charge is 0.489 e. The Kier molecular flexibility index (Phi) is 5.55. The summed E-state index contributed by atoms with van der Waals surface area (Å²) in [6.45, 7) is 8.39. The minimum Gasteiger partial charge on any atom is -0.489 e. The third kappa shape index (κ3) is 4.00. The number of hydrogen-bond donors (Lipinski definition) is 0. The summed E-state index contributed by atoms with van der Waals surface area (Å²) in [5.74, 6) is 0.647. The second-order valence-corrected chi connectivity index (χ2v) is 6.73. The highest BCUT2D eigenvalue weighted by atomic mass is 16.5. The molecule has 0 bridgehead atoms. The van der Waals surface area contributed by atoms with Gasteiger partial charge in [0.1, 0.15) is 12.4 Å². The highest BCUT2D eigenvalue weighted by molar-refractivity contribution is 6.33. The van der Waals surface area contributed by atoms with E-state index >= 15 is 0 Å². The molecule has 0 aromatic heterocycles. The average Bonchev–Trinajstić information content (AvgIpc) is 2.96. The smallest absolute Gasteiger partial charge is 0.280 e. The Morgan fingerprint density at radius 1 is 1.04 bits per heavy atom. The molecule has 0 saturated carbocycles. The standard InChI is InChI=1S/C23H24N2O2/c1-16(2)14-15-27-21-13-9-8-12-20(21)17(3)22-18(4)24-25(23(22)26)19-10-6-5-7-11-19/h5-14H,15H2,1-4H3/b22-17+. The Morgan fingerprint density at radius 2 is 1.70 bits per heavy atom. The number of carbonyl (C=O) groups excluding carboxylic acids is 1. The summed E-state index contributed by atoms with van der Waals surface area (Å²) < 4.78 is 5.94. The van der Waals surface area contributed by atoms with Gasteiger partial charge in [-0.3, -0.25) is 4.79 Å². The fraction of sp³-hybridized carbons (Fsp3) is 0.217. The lowest BCUT2D eigenvalue weighted by Crippen LogP contribution is -2.21. The molecule has 0 atom stereocenters. The molecule has 0 spiro atoms.